The summed E-state index contributed by atoms with van der Waals surface area (Å²) in [5.41, 5.74) is 2.13. The van der Waals surface area contributed by atoms with Crippen LogP contribution in [0, 0.1) is 12.8 Å². The van der Waals surface area contributed by atoms with Gasteiger partial charge in [0.2, 0.25) is 5.89 Å². The zero-order chi connectivity index (χ0) is 13.5. The number of thioether (sulfide) groups is 1. The maximum atomic E-state index is 5.97. The molecular weight excluding hydrogens is 303 g/mol. The minimum absolute atomic E-state index is 0.315. The number of rotatable bonds is 4. The lowest BCUT2D eigenvalue weighted by atomic mass is 10.1. The predicted octanol–water partition coefficient (Wildman–Crippen LogP) is 4.33. The van der Waals surface area contributed by atoms with Crippen molar-refractivity contribution < 1.29 is 4.42 Å². The molecule has 1 aromatic carbocycles. The first-order valence-electron chi connectivity index (χ1n) is 5.96. The average molecular weight is 315 g/mol. The Kier molecular flexibility index (Phi) is 3.50. The highest BCUT2D eigenvalue weighted by molar-refractivity contribution is 7.99. The van der Waals surface area contributed by atoms with Crippen LogP contribution in [0.4, 0.5) is 0 Å². The third kappa shape index (κ3) is 3.07. The first-order chi connectivity index (χ1) is 9.04. The van der Waals surface area contributed by atoms with Gasteiger partial charge in [0.05, 0.1) is 0 Å². The van der Waals surface area contributed by atoms with Crippen LogP contribution in [-0.4, -0.2) is 20.3 Å². The Balaban J connectivity index is 1.64. The Labute approximate surface area is 125 Å². The van der Waals surface area contributed by atoms with Gasteiger partial charge in [0.25, 0.3) is 5.22 Å². The van der Waals surface area contributed by atoms with Crippen LogP contribution < -0.4 is 0 Å². The van der Waals surface area contributed by atoms with E-state index in [1.54, 1.807) is 0 Å². The van der Waals surface area contributed by atoms with Crippen molar-refractivity contribution in [1.82, 2.24) is 10.2 Å². The van der Waals surface area contributed by atoms with E-state index in [1.807, 2.05) is 31.2 Å². The van der Waals surface area contributed by atoms with E-state index in [0.29, 0.717) is 17.0 Å². The number of benzene rings is 1. The van der Waals surface area contributed by atoms with E-state index in [-0.39, 0.29) is 0 Å². The Hall–Kier alpha value is -0.710. The van der Waals surface area contributed by atoms with Gasteiger partial charge in [-0.1, -0.05) is 29.5 Å². The van der Waals surface area contributed by atoms with Crippen molar-refractivity contribution in [3.05, 3.63) is 29.8 Å². The van der Waals surface area contributed by atoms with Gasteiger partial charge in [0.15, 0.2) is 0 Å². The van der Waals surface area contributed by atoms with Gasteiger partial charge in [-0.05, 0) is 25.5 Å². The molecule has 3 nitrogen and oxygen atoms in total. The van der Waals surface area contributed by atoms with Crippen molar-refractivity contribution in [3.8, 4) is 11.5 Å². The Morgan fingerprint density at radius 1 is 1.32 bits per heavy atom. The lowest BCUT2D eigenvalue weighted by molar-refractivity contribution is 0.465. The lowest BCUT2D eigenvalue weighted by Gasteiger charge is -1.97. The third-order valence-electron chi connectivity index (χ3n) is 3.07. The number of halogens is 2. The maximum Gasteiger partial charge on any atom is 0.276 e. The first-order valence-corrected chi connectivity index (χ1v) is 7.70. The van der Waals surface area contributed by atoms with Gasteiger partial charge in [-0.25, -0.2) is 0 Å². The summed E-state index contributed by atoms with van der Waals surface area (Å²) < 4.78 is 5.06. The average Bonchev–Trinajstić information content (AvgIpc) is 2.79. The standard InChI is InChI=1S/C13H12Cl2N2OS/c1-8-2-4-9(5-3-8)11-16-17-12(18-11)19-7-10-6-13(10,14)15/h2-5,10H,6-7H2,1H3/t10-/m0/s1. The zero-order valence-electron chi connectivity index (χ0n) is 10.3. The van der Waals surface area contributed by atoms with Gasteiger partial charge in [-0.15, -0.1) is 33.4 Å². The normalized spacial score (nSPS) is 20.5. The van der Waals surface area contributed by atoms with Crippen molar-refractivity contribution in [3.63, 3.8) is 0 Å². The minimum atomic E-state index is -0.549. The van der Waals surface area contributed by atoms with E-state index in [9.17, 15) is 0 Å². The summed E-state index contributed by atoms with van der Waals surface area (Å²) in [7, 11) is 0. The highest BCUT2D eigenvalue weighted by Crippen LogP contribution is 2.54. The molecule has 100 valence electrons. The number of alkyl halides is 2. The largest absolute Gasteiger partial charge is 0.411 e. The third-order valence-corrected chi connectivity index (χ3v) is 4.98. The fraction of sp³-hybridized carbons (Fsp3) is 0.385. The van der Waals surface area contributed by atoms with Gasteiger partial charge < -0.3 is 4.42 Å². The molecule has 0 bridgehead atoms. The fourth-order valence-corrected chi connectivity index (χ4v) is 3.40. The highest BCUT2D eigenvalue weighted by atomic mass is 35.5. The molecule has 0 aliphatic heterocycles. The second-order valence-electron chi connectivity index (χ2n) is 4.71. The van der Waals surface area contributed by atoms with Crippen LogP contribution in [0.15, 0.2) is 33.9 Å². The van der Waals surface area contributed by atoms with E-state index in [4.69, 9.17) is 27.6 Å². The van der Waals surface area contributed by atoms with Gasteiger partial charge in [-0.2, -0.15) is 0 Å². The fourth-order valence-electron chi connectivity index (χ4n) is 1.70. The van der Waals surface area contributed by atoms with Crippen LogP contribution >= 0.6 is 35.0 Å². The lowest BCUT2D eigenvalue weighted by Crippen LogP contribution is -1.92. The molecule has 1 aliphatic rings. The summed E-state index contributed by atoms with van der Waals surface area (Å²) in [5.74, 6) is 1.67. The molecule has 2 aromatic rings. The molecule has 3 rings (SSSR count). The van der Waals surface area contributed by atoms with Crippen molar-refractivity contribution in [2.75, 3.05) is 5.75 Å². The monoisotopic (exact) mass is 314 g/mol. The molecule has 0 saturated heterocycles. The molecule has 1 saturated carbocycles. The molecule has 1 aliphatic carbocycles. The van der Waals surface area contributed by atoms with Crippen molar-refractivity contribution >= 4 is 35.0 Å². The predicted molar refractivity (Wildman–Crippen MR) is 77.7 cm³/mol. The highest BCUT2D eigenvalue weighted by Gasteiger charge is 2.51. The zero-order valence-corrected chi connectivity index (χ0v) is 12.6. The van der Waals surface area contributed by atoms with E-state index in [2.05, 4.69) is 10.2 Å². The quantitative estimate of drug-likeness (QED) is 0.622. The van der Waals surface area contributed by atoms with E-state index in [0.717, 1.165) is 17.7 Å². The van der Waals surface area contributed by atoms with Crippen LogP contribution in [0.25, 0.3) is 11.5 Å². The Morgan fingerprint density at radius 3 is 2.63 bits per heavy atom. The smallest absolute Gasteiger partial charge is 0.276 e. The van der Waals surface area contributed by atoms with Gasteiger partial charge >= 0.3 is 0 Å². The van der Waals surface area contributed by atoms with Crippen LogP contribution in [0.2, 0.25) is 0 Å². The number of hydrogen-bond donors (Lipinski definition) is 0. The summed E-state index contributed by atoms with van der Waals surface area (Å²) in [6.45, 7) is 2.04. The second kappa shape index (κ2) is 5.00. The van der Waals surface area contributed by atoms with Crippen molar-refractivity contribution in [2.45, 2.75) is 22.9 Å². The molecule has 0 spiro atoms. The Bertz CT molecular complexity index is 583. The van der Waals surface area contributed by atoms with Crippen LogP contribution in [0.1, 0.15) is 12.0 Å². The van der Waals surface area contributed by atoms with Gasteiger partial charge in [-0.3, -0.25) is 0 Å². The maximum absolute atomic E-state index is 5.97. The Morgan fingerprint density at radius 2 is 2.00 bits per heavy atom. The molecule has 0 N–H and O–H groups in total. The minimum Gasteiger partial charge on any atom is -0.411 e. The number of aryl methyl sites for hydroxylation is 1. The molecule has 1 aromatic heterocycles. The van der Waals surface area contributed by atoms with Crippen LogP contribution in [0.5, 0.6) is 0 Å². The molecule has 0 radical (unpaired) electrons. The van der Waals surface area contributed by atoms with Gasteiger partial charge in [0.1, 0.15) is 4.33 Å². The van der Waals surface area contributed by atoms with E-state index >= 15 is 0 Å². The second-order valence-corrected chi connectivity index (χ2v) is 7.23. The molecule has 0 unspecified atom stereocenters. The van der Waals surface area contributed by atoms with Crippen LogP contribution in [0.3, 0.4) is 0 Å². The number of hydrogen-bond acceptors (Lipinski definition) is 4. The van der Waals surface area contributed by atoms with Crippen LogP contribution in [-0.2, 0) is 0 Å². The first kappa shape index (κ1) is 13.3. The number of nitrogens with zero attached hydrogens (tertiary/aromatic N) is 2. The van der Waals surface area contributed by atoms with Crippen molar-refractivity contribution in [2.24, 2.45) is 5.92 Å². The molecule has 1 heterocycles. The topological polar surface area (TPSA) is 38.9 Å². The summed E-state index contributed by atoms with van der Waals surface area (Å²) in [5, 5.41) is 8.63. The van der Waals surface area contributed by atoms with E-state index in [1.165, 1.54) is 17.3 Å². The molecule has 6 heteroatoms. The van der Waals surface area contributed by atoms with Crippen molar-refractivity contribution in [1.29, 1.82) is 0 Å². The molecular formula is C13H12Cl2N2OS. The summed E-state index contributed by atoms with van der Waals surface area (Å²) in [6.07, 6.45) is 0.835. The molecule has 1 atom stereocenters. The molecule has 19 heavy (non-hydrogen) atoms. The summed E-state index contributed by atoms with van der Waals surface area (Å²) >= 11 is 13.5. The summed E-state index contributed by atoms with van der Waals surface area (Å²) in [4.78, 5) is 0. The summed E-state index contributed by atoms with van der Waals surface area (Å²) in [6, 6.07) is 7.99. The molecule has 1 fully saturated rings. The van der Waals surface area contributed by atoms with E-state index < -0.39 is 4.33 Å². The number of aromatic nitrogens is 2. The SMILES string of the molecule is Cc1ccc(-c2nnc(SC[C@@H]3CC3(Cl)Cl)o2)cc1. The van der Waals surface area contributed by atoms with Gasteiger partial charge in [0, 0.05) is 17.2 Å². The molecule has 0 amide bonds.